The van der Waals surface area contributed by atoms with E-state index < -0.39 is 12.0 Å². The summed E-state index contributed by atoms with van der Waals surface area (Å²) in [6.45, 7) is 1.99. The molecule has 1 rings (SSSR count). The molecule has 1 aliphatic heterocycles. The highest BCUT2D eigenvalue weighted by molar-refractivity contribution is 5.81. The van der Waals surface area contributed by atoms with Crippen LogP contribution in [-0.2, 0) is 14.3 Å². The standard InChI is InChI=1S/C14H26N2O4/c1-20-9-3-5-12(15)14(19)16-8-2-4-11(10-16)6-7-13(17)18/h11-12H,2-10,15H2,1H3,(H,17,18). The van der Waals surface area contributed by atoms with Crippen LogP contribution in [0.4, 0.5) is 0 Å². The quantitative estimate of drug-likeness (QED) is 0.645. The van der Waals surface area contributed by atoms with Crippen LogP contribution >= 0.6 is 0 Å². The van der Waals surface area contributed by atoms with Crippen molar-refractivity contribution in [2.24, 2.45) is 11.7 Å². The molecule has 1 heterocycles. The van der Waals surface area contributed by atoms with Crippen LogP contribution in [0.15, 0.2) is 0 Å². The Hall–Kier alpha value is -1.14. The van der Waals surface area contributed by atoms with E-state index >= 15 is 0 Å². The molecule has 2 unspecified atom stereocenters. The van der Waals surface area contributed by atoms with Gasteiger partial charge in [-0.05, 0) is 38.0 Å². The van der Waals surface area contributed by atoms with Crippen molar-refractivity contribution < 1.29 is 19.4 Å². The molecule has 6 heteroatoms. The fourth-order valence-corrected chi connectivity index (χ4v) is 2.63. The van der Waals surface area contributed by atoms with Crippen LogP contribution in [-0.4, -0.2) is 54.7 Å². The number of carbonyl (C=O) groups excluding carboxylic acids is 1. The van der Waals surface area contributed by atoms with Crippen molar-refractivity contribution in [3.63, 3.8) is 0 Å². The first-order valence-electron chi connectivity index (χ1n) is 7.29. The van der Waals surface area contributed by atoms with E-state index in [9.17, 15) is 9.59 Å². The zero-order valence-electron chi connectivity index (χ0n) is 12.2. The largest absolute Gasteiger partial charge is 0.481 e. The first kappa shape index (κ1) is 16.9. The summed E-state index contributed by atoms with van der Waals surface area (Å²) < 4.78 is 4.95. The molecule has 20 heavy (non-hydrogen) atoms. The third-order valence-electron chi connectivity index (χ3n) is 3.78. The number of rotatable bonds is 8. The Kier molecular flexibility index (Phi) is 7.54. The summed E-state index contributed by atoms with van der Waals surface area (Å²) in [6, 6.07) is -0.469. The highest BCUT2D eigenvalue weighted by atomic mass is 16.5. The number of piperidine rings is 1. The molecule has 0 aliphatic carbocycles. The molecule has 1 saturated heterocycles. The van der Waals surface area contributed by atoms with Crippen LogP contribution in [0.2, 0.25) is 0 Å². The summed E-state index contributed by atoms with van der Waals surface area (Å²) in [7, 11) is 1.63. The zero-order chi connectivity index (χ0) is 15.0. The van der Waals surface area contributed by atoms with Crippen molar-refractivity contribution in [3.05, 3.63) is 0 Å². The minimum Gasteiger partial charge on any atom is -0.481 e. The molecule has 0 aromatic rings. The molecular formula is C14H26N2O4. The molecular weight excluding hydrogens is 260 g/mol. The van der Waals surface area contributed by atoms with Gasteiger partial charge in [-0.1, -0.05) is 0 Å². The second kappa shape index (κ2) is 8.92. The van der Waals surface area contributed by atoms with Gasteiger partial charge in [0.05, 0.1) is 6.04 Å². The van der Waals surface area contributed by atoms with Crippen molar-refractivity contribution in [1.82, 2.24) is 4.90 Å². The SMILES string of the molecule is COCCCC(N)C(=O)N1CCCC(CCC(=O)O)C1. The molecule has 0 bridgehead atoms. The number of carboxylic acid groups (broad SMARTS) is 1. The van der Waals surface area contributed by atoms with Gasteiger partial charge < -0.3 is 20.5 Å². The summed E-state index contributed by atoms with van der Waals surface area (Å²) in [6.07, 6.45) is 4.14. The number of carbonyl (C=O) groups is 2. The molecule has 0 spiro atoms. The highest BCUT2D eigenvalue weighted by Crippen LogP contribution is 2.21. The first-order valence-corrected chi connectivity index (χ1v) is 7.29. The molecule has 116 valence electrons. The zero-order valence-corrected chi connectivity index (χ0v) is 12.2. The van der Waals surface area contributed by atoms with Gasteiger partial charge in [-0.3, -0.25) is 9.59 Å². The van der Waals surface area contributed by atoms with Gasteiger partial charge in [-0.25, -0.2) is 0 Å². The Morgan fingerprint density at radius 2 is 2.25 bits per heavy atom. The maximum atomic E-state index is 12.2. The van der Waals surface area contributed by atoms with Crippen molar-refractivity contribution in [3.8, 4) is 0 Å². The summed E-state index contributed by atoms with van der Waals surface area (Å²) in [5.74, 6) is -0.499. The lowest BCUT2D eigenvalue weighted by Gasteiger charge is -2.34. The maximum Gasteiger partial charge on any atom is 0.303 e. The number of likely N-dealkylation sites (tertiary alicyclic amines) is 1. The lowest BCUT2D eigenvalue weighted by molar-refractivity contribution is -0.137. The van der Waals surface area contributed by atoms with E-state index in [0.29, 0.717) is 26.0 Å². The molecule has 1 aliphatic rings. The monoisotopic (exact) mass is 286 g/mol. The summed E-state index contributed by atoms with van der Waals surface area (Å²) >= 11 is 0. The number of carboxylic acids is 1. The smallest absolute Gasteiger partial charge is 0.303 e. The van der Waals surface area contributed by atoms with Crippen LogP contribution < -0.4 is 5.73 Å². The number of methoxy groups -OCH3 is 1. The molecule has 0 saturated carbocycles. The van der Waals surface area contributed by atoms with Gasteiger partial charge in [0.15, 0.2) is 0 Å². The summed E-state index contributed by atoms with van der Waals surface area (Å²) in [5, 5.41) is 8.72. The molecule has 0 radical (unpaired) electrons. The Balaban J connectivity index is 2.37. The summed E-state index contributed by atoms with van der Waals surface area (Å²) in [4.78, 5) is 24.6. The molecule has 2 atom stereocenters. The van der Waals surface area contributed by atoms with Gasteiger partial charge >= 0.3 is 5.97 Å². The lowest BCUT2D eigenvalue weighted by atomic mass is 9.93. The predicted octanol–water partition coefficient (Wildman–Crippen LogP) is 0.844. The van der Waals surface area contributed by atoms with Gasteiger partial charge in [-0.2, -0.15) is 0 Å². The normalized spacial score (nSPS) is 20.7. The number of ether oxygens (including phenoxy) is 1. The van der Waals surface area contributed by atoms with Crippen molar-refractivity contribution >= 4 is 11.9 Å². The number of nitrogens with zero attached hydrogens (tertiary/aromatic N) is 1. The molecule has 0 aromatic heterocycles. The van der Waals surface area contributed by atoms with Crippen molar-refractivity contribution in [2.45, 2.75) is 44.6 Å². The topological polar surface area (TPSA) is 92.9 Å². The van der Waals surface area contributed by atoms with Crippen LogP contribution in [0.25, 0.3) is 0 Å². The average molecular weight is 286 g/mol. The van der Waals surface area contributed by atoms with E-state index in [2.05, 4.69) is 0 Å². The second-order valence-electron chi connectivity index (χ2n) is 5.47. The van der Waals surface area contributed by atoms with Crippen LogP contribution in [0.3, 0.4) is 0 Å². The van der Waals surface area contributed by atoms with Crippen molar-refractivity contribution in [2.75, 3.05) is 26.8 Å². The minimum absolute atomic E-state index is 0.0128. The maximum absolute atomic E-state index is 12.2. The van der Waals surface area contributed by atoms with E-state index in [1.165, 1.54) is 0 Å². The van der Waals surface area contributed by atoms with E-state index in [0.717, 1.165) is 25.8 Å². The number of hydrogen-bond acceptors (Lipinski definition) is 4. The number of nitrogens with two attached hydrogens (primary N) is 1. The van der Waals surface area contributed by atoms with E-state index in [1.807, 2.05) is 0 Å². The van der Waals surface area contributed by atoms with Crippen molar-refractivity contribution in [1.29, 1.82) is 0 Å². The molecule has 3 N–H and O–H groups in total. The molecule has 6 nitrogen and oxygen atoms in total. The Bertz CT molecular complexity index is 322. The Labute approximate surface area is 120 Å². The third kappa shape index (κ3) is 5.88. The first-order chi connectivity index (χ1) is 9.54. The highest BCUT2D eigenvalue weighted by Gasteiger charge is 2.26. The number of hydrogen-bond donors (Lipinski definition) is 2. The van der Waals surface area contributed by atoms with Gasteiger partial charge in [0.1, 0.15) is 0 Å². The lowest BCUT2D eigenvalue weighted by Crippen LogP contribution is -2.48. The van der Waals surface area contributed by atoms with E-state index in [1.54, 1.807) is 12.0 Å². The minimum atomic E-state index is -0.773. The van der Waals surface area contributed by atoms with Crippen LogP contribution in [0.1, 0.15) is 38.5 Å². The van der Waals surface area contributed by atoms with Crippen LogP contribution in [0, 0.1) is 5.92 Å². The van der Waals surface area contributed by atoms with Gasteiger partial charge in [-0.15, -0.1) is 0 Å². The second-order valence-corrected chi connectivity index (χ2v) is 5.47. The third-order valence-corrected chi connectivity index (χ3v) is 3.78. The predicted molar refractivity (Wildman–Crippen MR) is 75.3 cm³/mol. The molecule has 1 amide bonds. The fraction of sp³-hybridized carbons (Fsp3) is 0.857. The van der Waals surface area contributed by atoms with Gasteiger partial charge in [0.25, 0.3) is 0 Å². The van der Waals surface area contributed by atoms with Gasteiger partial charge in [0, 0.05) is 33.2 Å². The van der Waals surface area contributed by atoms with E-state index in [4.69, 9.17) is 15.6 Å². The average Bonchev–Trinajstić information content (AvgIpc) is 2.44. The summed E-state index contributed by atoms with van der Waals surface area (Å²) in [5.41, 5.74) is 5.92. The fourth-order valence-electron chi connectivity index (χ4n) is 2.63. The van der Waals surface area contributed by atoms with Crippen LogP contribution in [0.5, 0.6) is 0 Å². The number of aliphatic carboxylic acids is 1. The Morgan fingerprint density at radius 3 is 2.90 bits per heavy atom. The Morgan fingerprint density at radius 1 is 1.50 bits per heavy atom. The number of amides is 1. The molecule has 1 fully saturated rings. The molecule has 0 aromatic carbocycles. The van der Waals surface area contributed by atoms with Gasteiger partial charge in [0.2, 0.25) is 5.91 Å². The van der Waals surface area contributed by atoms with E-state index in [-0.39, 0.29) is 18.2 Å².